The molecule has 1 aromatic rings. The quantitative estimate of drug-likeness (QED) is 0.819. The fourth-order valence-electron chi connectivity index (χ4n) is 1.64. The summed E-state index contributed by atoms with van der Waals surface area (Å²) in [5.74, 6) is 1.27. The molecule has 1 unspecified atom stereocenters. The van der Waals surface area contributed by atoms with Crippen molar-refractivity contribution in [3.8, 4) is 6.07 Å². The van der Waals surface area contributed by atoms with Gasteiger partial charge in [-0.15, -0.1) is 0 Å². The van der Waals surface area contributed by atoms with Gasteiger partial charge in [-0.1, -0.05) is 0 Å². The number of rotatable bonds is 6. The molecule has 2 N–H and O–H groups in total. The molecule has 0 radical (unpaired) electrons. The fraction of sp³-hybridized carbons (Fsp3) is 0.667. The second-order valence-corrected chi connectivity index (χ2v) is 4.29. The predicted octanol–water partition coefficient (Wildman–Crippen LogP) is 1.04. The predicted molar refractivity (Wildman–Crippen MR) is 75.9 cm³/mol. The van der Waals surface area contributed by atoms with Crippen molar-refractivity contribution in [3.63, 3.8) is 0 Å². The first-order chi connectivity index (χ1) is 9.03. The van der Waals surface area contributed by atoms with Gasteiger partial charge in [0.1, 0.15) is 0 Å². The summed E-state index contributed by atoms with van der Waals surface area (Å²) in [5, 5.41) is 8.74. The summed E-state index contributed by atoms with van der Waals surface area (Å²) in [6.45, 7) is 7.62. The summed E-state index contributed by atoms with van der Waals surface area (Å²) >= 11 is 0. The molecule has 19 heavy (non-hydrogen) atoms. The molecule has 0 aliphatic heterocycles. The highest BCUT2D eigenvalue weighted by Gasteiger charge is 2.16. The van der Waals surface area contributed by atoms with Crippen molar-refractivity contribution < 1.29 is 0 Å². The Morgan fingerprint density at radius 3 is 2.32 bits per heavy atom. The largest absolute Gasteiger partial charge is 0.368 e. The lowest BCUT2D eigenvalue weighted by molar-refractivity contribution is 0.678. The van der Waals surface area contributed by atoms with E-state index in [9.17, 15) is 0 Å². The zero-order chi connectivity index (χ0) is 14.4. The van der Waals surface area contributed by atoms with Gasteiger partial charge in [0.15, 0.2) is 0 Å². The van der Waals surface area contributed by atoms with Crippen LogP contribution in [0.4, 0.5) is 17.8 Å². The van der Waals surface area contributed by atoms with Crippen molar-refractivity contribution >= 4 is 17.8 Å². The minimum Gasteiger partial charge on any atom is -0.368 e. The lowest BCUT2D eigenvalue weighted by Crippen LogP contribution is -2.32. The Labute approximate surface area is 114 Å². The van der Waals surface area contributed by atoms with Crippen LogP contribution in [0.1, 0.15) is 27.2 Å². The summed E-state index contributed by atoms with van der Waals surface area (Å²) in [7, 11) is 1.85. The van der Waals surface area contributed by atoms with Gasteiger partial charge in [-0.05, 0) is 20.8 Å². The lowest BCUT2D eigenvalue weighted by atomic mass is 10.2. The average molecular weight is 263 g/mol. The molecule has 1 heterocycles. The van der Waals surface area contributed by atoms with E-state index >= 15 is 0 Å². The van der Waals surface area contributed by atoms with Crippen molar-refractivity contribution in [2.24, 2.45) is 0 Å². The van der Waals surface area contributed by atoms with Crippen molar-refractivity contribution in [1.82, 2.24) is 15.0 Å². The van der Waals surface area contributed by atoms with Crippen molar-refractivity contribution in [2.45, 2.75) is 33.2 Å². The highest BCUT2D eigenvalue weighted by molar-refractivity contribution is 5.43. The van der Waals surface area contributed by atoms with E-state index in [1.54, 1.807) is 0 Å². The van der Waals surface area contributed by atoms with E-state index in [4.69, 9.17) is 11.0 Å². The van der Waals surface area contributed by atoms with Crippen LogP contribution in [0.2, 0.25) is 0 Å². The molecule has 1 aromatic heterocycles. The zero-order valence-corrected chi connectivity index (χ0v) is 12.0. The van der Waals surface area contributed by atoms with Gasteiger partial charge in [-0.25, -0.2) is 0 Å². The number of anilines is 3. The van der Waals surface area contributed by atoms with E-state index in [1.807, 2.05) is 37.6 Å². The minimum atomic E-state index is 0.0244. The molecular formula is C12H21N7. The van der Waals surface area contributed by atoms with Gasteiger partial charge in [0, 0.05) is 26.2 Å². The molecular weight excluding hydrogens is 242 g/mol. The number of hydrogen-bond donors (Lipinski definition) is 1. The Hall–Kier alpha value is -2.10. The SMILES string of the molecule is CCN(CC)c1nc(N)nc(N(C)C(C)CC#N)n1. The molecule has 0 fully saturated rings. The van der Waals surface area contributed by atoms with Gasteiger partial charge in [0.25, 0.3) is 0 Å². The van der Waals surface area contributed by atoms with Crippen LogP contribution in [0.3, 0.4) is 0 Å². The van der Waals surface area contributed by atoms with E-state index < -0.39 is 0 Å². The Kier molecular flexibility index (Phi) is 5.30. The van der Waals surface area contributed by atoms with Crippen molar-refractivity contribution in [2.75, 3.05) is 35.7 Å². The minimum absolute atomic E-state index is 0.0244. The molecule has 0 spiro atoms. The van der Waals surface area contributed by atoms with Crippen LogP contribution >= 0.6 is 0 Å². The monoisotopic (exact) mass is 263 g/mol. The molecule has 0 aromatic carbocycles. The molecule has 104 valence electrons. The van der Waals surface area contributed by atoms with Gasteiger partial charge in [-0.2, -0.15) is 20.2 Å². The molecule has 0 bridgehead atoms. The standard InChI is InChI=1S/C12H21N7/c1-5-19(6-2)12-16-10(14)15-11(17-12)18(4)9(3)7-8-13/h9H,5-7H2,1-4H3,(H2,14,15,16,17). The third-order valence-electron chi connectivity index (χ3n) is 3.04. The Morgan fingerprint density at radius 2 is 1.79 bits per heavy atom. The maximum atomic E-state index is 8.74. The Morgan fingerprint density at radius 1 is 1.21 bits per heavy atom. The van der Waals surface area contributed by atoms with Gasteiger partial charge in [0.2, 0.25) is 17.8 Å². The number of nitriles is 1. The van der Waals surface area contributed by atoms with Gasteiger partial charge >= 0.3 is 0 Å². The average Bonchev–Trinajstić information content (AvgIpc) is 2.39. The number of nitrogen functional groups attached to an aromatic ring is 1. The van der Waals surface area contributed by atoms with E-state index in [1.165, 1.54) is 0 Å². The van der Waals surface area contributed by atoms with E-state index in [-0.39, 0.29) is 12.0 Å². The molecule has 7 nitrogen and oxygen atoms in total. The summed E-state index contributed by atoms with van der Waals surface area (Å²) in [5.41, 5.74) is 5.74. The van der Waals surface area contributed by atoms with Gasteiger partial charge in [0.05, 0.1) is 12.5 Å². The highest BCUT2D eigenvalue weighted by Crippen LogP contribution is 2.16. The van der Waals surface area contributed by atoms with E-state index in [0.717, 1.165) is 13.1 Å². The second-order valence-electron chi connectivity index (χ2n) is 4.29. The third kappa shape index (κ3) is 3.68. The molecule has 0 aliphatic carbocycles. The smallest absolute Gasteiger partial charge is 0.231 e. The lowest BCUT2D eigenvalue weighted by Gasteiger charge is -2.25. The first-order valence-corrected chi connectivity index (χ1v) is 6.39. The molecule has 1 rings (SSSR count). The Bertz CT molecular complexity index is 450. The number of nitrogens with zero attached hydrogens (tertiary/aromatic N) is 6. The van der Waals surface area contributed by atoms with Gasteiger partial charge < -0.3 is 15.5 Å². The molecule has 0 saturated heterocycles. The van der Waals surface area contributed by atoms with Crippen molar-refractivity contribution in [3.05, 3.63) is 0 Å². The highest BCUT2D eigenvalue weighted by atomic mass is 15.3. The van der Waals surface area contributed by atoms with Crippen LogP contribution in [-0.2, 0) is 0 Å². The van der Waals surface area contributed by atoms with Crippen LogP contribution in [0.15, 0.2) is 0 Å². The number of aromatic nitrogens is 3. The van der Waals surface area contributed by atoms with Crippen LogP contribution in [0.5, 0.6) is 0 Å². The summed E-state index contributed by atoms with van der Waals surface area (Å²) < 4.78 is 0. The van der Waals surface area contributed by atoms with Crippen LogP contribution in [-0.4, -0.2) is 41.1 Å². The summed E-state index contributed by atoms with van der Waals surface area (Å²) in [6, 6.07) is 2.16. The van der Waals surface area contributed by atoms with E-state index in [2.05, 4.69) is 21.0 Å². The first kappa shape index (κ1) is 15.0. The number of nitrogens with two attached hydrogens (primary N) is 1. The van der Waals surface area contributed by atoms with Crippen LogP contribution in [0.25, 0.3) is 0 Å². The van der Waals surface area contributed by atoms with Crippen molar-refractivity contribution in [1.29, 1.82) is 5.26 Å². The topological polar surface area (TPSA) is 95.0 Å². The fourth-order valence-corrected chi connectivity index (χ4v) is 1.64. The maximum Gasteiger partial charge on any atom is 0.231 e. The summed E-state index contributed by atoms with van der Waals surface area (Å²) in [6.07, 6.45) is 0.405. The number of hydrogen-bond acceptors (Lipinski definition) is 7. The summed E-state index contributed by atoms with van der Waals surface area (Å²) in [4.78, 5) is 16.6. The molecule has 1 atom stereocenters. The molecule has 0 aliphatic rings. The third-order valence-corrected chi connectivity index (χ3v) is 3.04. The zero-order valence-electron chi connectivity index (χ0n) is 12.0. The normalized spacial score (nSPS) is 11.7. The van der Waals surface area contributed by atoms with E-state index in [0.29, 0.717) is 18.3 Å². The first-order valence-electron chi connectivity index (χ1n) is 6.39. The molecule has 7 heteroatoms. The van der Waals surface area contributed by atoms with Gasteiger partial charge in [-0.3, -0.25) is 0 Å². The molecule has 0 amide bonds. The Balaban J connectivity index is 3.05. The molecule has 0 saturated carbocycles. The second kappa shape index (κ2) is 6.73. The van der Waals surface area contributed by atoms with Crippen LogP contribution < -0.4 is 15.5 Å². The van der Waals surface area contributed by atoms with Crippen LogP contribution in [0, 0.1) is 11.3 Å². The maximum absolute atomic E-state index is 8.74.